The quantitative estimate of drug-likeness (QED) is 0.505. The van der Waals surface area contributed by atoms with Gasteiger partial charge in [0.2, 0.25) is 5.91 Å². The van der Waals surface area contributed by atoms with Crippen LogP contribution in [0.15, 0.2) is 91.0 Å². The number of nitrogens with one attached hydrogen (secondary N) is 1. The number of rotatable bonds is 9. The number of ether oxygens (including phenoxy) is 1. The van der Waals surface area contributed by atoms with E-state index < -0.39 is 11.9 Å². The van der Waals surface area contributed by atoms with Gasteiger partial charge >= 0.3 is 5.97 Å². The molecule has 1 N–H and O–H groups in total. The second-order valence-electron chi connectivity index (χ2n) is 7.26. The molecule has 0 unspecified atom stereocenters. The first-order valence-electron chi connectivity index (χ1n) is 10.5. The van der Waals surface area contributed by atoms with Crippen LogP contribution >= 0.6 is 0 Å². The molecule has 6 heteroatoms. The molecule has 0 saturated carbocycles. The largest absolute Gasteiger partial charge is 0.456 e. The number of anilines is 2. The van der Waals surface area contributed by atoms with Gasteiger partial charge in [-0.05, 0) is 36.8 Å². The van der Waals surface area contributed by atoms with Crippen LogP contribution in [0.1, 0.15) is 31.4 Å². The summed E-state index contributed by atoms with van der Waals surface area (Å²) in [7, 11) is 0. The SMILES string of the molecule is C[C@H](NC(=O)COC(=O)CCC(=O)N(c1ccccc1)c1ccccc1)c1ccccc1. The molecule has 3 aromatic carbocycles. The van der Waals surface area contributed by atoms with E-state index in [1.54, 1.807) is 4.90 Å². The lowest BCUT2D eigenvalue weighted by atomic mass is 10.1. The Labute approximate surface area is 187 Å². The average Bonchev–Trinajstić information content (AvgIpc) is 2.83. The van der Waals surface area contributed by atoms with Crippen molar-refractivity contribution < 1.29 is 19.1 Å². The number of para-hydroxylation sites is 2. The van der Waals surface area contributed by atoms with Crippen LogP contribution in [0, 0.1) is 0 Å². The van der Waals surface area contributed by atoms with Crippen LogP contribution in [0.4, 0.5) is 11.4 Å². The summed E-state index contributed by atoms with van der Waals surface area (Å²) in [6.45, 7) is 1.47. The normalized spacial score (nSPS) is 11.3. The van der Waals surface area contributed by atoms with Gasteiger partial charge in [-0.1, -0.05) is 66.7 Å². The molecule has 6 nitrogen and oxygen atoms in total. The third kappa shape index (κ3) is 6.54. The molecule has 0 fully saturated rings. The Morgan fingerprint density at radius 3 is 1.81 bits per heavy atom. The summed E-state index contributed by atoms with van der Waals surface area (Å²) in [6.07, 6.45) is -0.152. The number of benzene rings is 3. The van der Waals surface area contributed by atoms with Crippen molar-refractivity contribution in [3.05, 3.63) is 96.6 Å². The predicted octanol–water partition coefficient (Wildman–Crippen LogP) is 4.55. The zero-order valence-electron chi connectivity index (χ0n) is 17.9. The molecular weight excluding hydrogens is 404 g/mol. The highest BCUT2D eigenvalue weighted by atomic mass is 16.5. The summed E-state index contributed by atoms with van der Waals surface area (Å²) >= 11 is 0. The smallest absolute Gasteiger partial charge is 0.306 e. The zero-order valence-corrected chi connectivity index (χ0v) is 17.9. The summed E-state index contributed by atoms with van der Waals surface area (Å²) in [4.78, 5) is 38.7. The van der Waals surface area contributed by atoms with E-state index in [1.807, 2.05) is 97.9 Å². The molecule has 0 spiro atoms. The van der Waals surface area contributed by atoms with Crippen molar-refractivity contribution in [3.8, 4) is 0 Å². The monoisotopic (exact) mass is 430 g/mol. The molecule has 0 saturated heterocycles. The Balaban J connectivity index is 1.50. The van der Waals surface area contributed by atoms with E-state index in [0.717, 1.165) is 5.56 Å². The second-order valence-corrected chi connectivity index (χ2v) is 7.26. The van der Waals surface area contributed by atoms with Crippen molar-refractivity contribution in [2.75, 3.05) is 11.5 Å². The van der Waals surface area contributed by atoms with Gasteiger partial charge in [0.1, 0.15) is 0 Å². The number of hydrogen-bond donors (Lipinski definition) is 1. The van der Waals surface area contributed by atoms with E-state index in [2.05, 4.69) is 5.32 Å². The van der Waals surface area contributed by atoms with E-state index in [-0.39, 0.29) is 31.4 Å². The molecule has 3 rings (SSSR count). The molecule has 3 aromatic rings. The summed E-state index contributed by atoms with van der Waals surface area (Å²) in [5, 5.41) is 2.79. The fourth-order valence-corrected chi connectivity index (χ4v) is 3.24. The number of nitrogens with zero attached hydrogens (tertiary/aromatic N) is 1. The fraction of sp³-hybridized carbons (Fsp3) is 0.192. The van der Waals surface area contributed by atoms with Gasteiger partial charge in [0.05, 0.1) is 12.5 Å². The standard InChI is InChI=1S/C26H26N2O4/c1-20(21-11-5-2-6-12-21)27-24(29)19-32-26(31)18-17-25(30)28(22-13-7-3-8-14-22)23-15-9-4-10-16-23/h2-16,20H,17-19H2,1H3,(H,27,29)/t20-/m0/s1. The van der Waals surface area contributed by atoms with Crippen molar-refractivity contribution in [2.45, 2.75) is 25.8 Å². The van der Waals surface area contributed by atoms with Crippen LogP contribution in [0.5, 0.6) is 0 Å². The first-order chi connectivity index (χ1) is 15.5. The molecule has 0 aliphatic heterocycles. The predicted molar refractivity (Wildman–Crippen MR) is 123 cm³/mol. The van der Waals surface area contributed by atoms with E-state index in [0.29, 0.717) is 11.4 Å². The van der Waals surface area contributed by atoms with Gasteiger partial charge in [-0.3, -0.25) is 19.3 Å². The third-order valence-electron chi connectivity index (χ3n) is 4.86. The van der Waals surface area contributed by atoms with Gasteiger partial charge in [0.15, 0.2) is 6.61 Å². The summed E-state index contributed by atoms with van der Waals surface area (Å²) in [5.74, 6) is -1.22. The zero-order chi connectivity index (χ0) is 22.8. The van der Waals surface area contributed by atoms with Gasteiger partial charge in [0.25, 0.3) is 5.91 Å². The maximum Gasteiger partial charge on any atom is 0.306 e. The maximum absolute atomic E-state index is 12.9. The third-order valence-corrected chi connectivity index (χ3v) is 4.86. The van der Waals surface area contributed by atoms with Crippen molar-refractivity contribution >= 4 is 29.2 Å². The van der Waals surface area contributed by atoms with Gasteiger partial charge < -0.3 is 10.1 Å². The van der Waals surface area contributed by atoms with Gasteiger partial charge in [-0.15, -0.1) is 0 Å². The fourth-order valence-electron chi connectivity index (χ4n) is 3.24. The van der Waals surface area contributed by atoms with Crippen LogP contribution in [0.2, 0.25) is 0 Å². The van der Waals surface area contributed by atoms with Gasteiger partial charge in [-0.25, -0.2) is 0 Å². The molecule has 0 heterocycles. The number of hydrogen-bond acceptors (Lipinski definition) is 4. The van der Waals surface area contributed by atoms with E-state index >= 15 is 0 Å². The molecule has 32 heavy (non-hydrogen) atoms. The second kappa shape index (κ2) is 11.5. The number of carbonyl (C=O) groups excluding carboxylic acids is 3. The first kappa shape index (κ1) is 22.7. The topological polar surface area (TPSA) is 75.7 Å². The Kier molecular flexibility index (Phi) is 8.15. The minimum absolute atomic E-state index is 0.0370. The van der Waals surface area contributed by atoms with Gasteiger partial charge in [0, 0.05) is 17.8 Å². The summed E-state index contributed by atoms with van der Waals surface area (Å²) < 4.78 is 5.06. The lowest BCUT2D eigenvalue weighted by Crippen LogP contribution is -2.31. The van der Waals surface area contributed by atoms with E-state index in [4.69, 9.17) is 4.74 Å². The van der Waals surface area contributed by atoms with Crippen LogP contribution in [-0.4, -0.2) is 24.4 Å². The highest BCUT2D eigenvalue weighted by molar-refractivity contribution is 6.01. The van der Waals surface area contributed by atoms with Crippen LogP contribution < -0.4 is 10.2 Å². The molecule has 0 bridgehead atoms. The number of carbonyl (C=O) groups is 3. The Morgan fingerprint density at radius 1 is 0.781 bits per heavy atom. The Hall–Kier alpha value is -3.93. The van der Waals surface area contributed by atoms with Crippen LogP contribution in [0.25, 0.3) is 0 Å². The van der Waals surface area contributed by atoms with E-state index in [9.17, 15) is 14.4 Å². The molecule has 0 radical (unpaired) electrons. The van der Waals surface area contributed by atoms with Crippen LogP contribution in [-0.2, 0) is 19.1 Å². The molecule has 0 aliphatic carbocycles. The highest BCUT2D eigenvalue weighted by Crippen LogP contribution is 2.26. The van der Waals surface area contributed by atoms with Gasteiger partial charge in [-0.2, -0.15) is 0 Å². The van der Waals surface area contributed by atoms with Crippen molar-refractivity contribution in [2.24, 2.45) is 0 Å². The van der Waals surface area contributed by atoms with Crippen molar-refractivity contribution in [3.63, 3.8) is 0 Å². The lowest BCUT2D eigenvalue weighted by Gasteiger charge is -2.23. The maximum atomic E-state index is 12.9. The molecule has 0 aliphatic rings. The molecule has 0 aromatic heterocycles. The van der Waals surface area contributed by atoms with Crippen molar-refractivity contribution in [1.82, 2.24) is 5.32 Å². The van der Waals surface area contributed by atoms with Crippen molar-refractivity contribution in [1.29, 1.82) is 0 Å². The minimum Gasteiger partial charge on any atom is -0.456 e. The average molecular weight is 431 g/mol. The van der Waals surface area contributed by atoms with Crippen LogP contribution in [0.3, 0.4) is 0 Å². The molecule has 1 atom stereocenters. The Morgan fingerprint density at radius 2 is 1.28 bits per heavy atom. The lowest BCUT2D eigenvalue weighted by molar-refractivity contribution is -0.149. The molecule has 164 valence electrons. The first-order valence-corrected chi connectivity index (χ1v) is 10.5. The van der Waals surface area contributed by atoms with E-state index in [1.165, 1.54) is 0 Å². The summed E-state index contributed by atoms with van der Waals surface area (Å²) in [6, 6.07) is 27.8. The Bertz CT molecular complexity index is 984. The highest BCUT2D eigenvalue weighted by Gasteiger charge is 2.19. The summed E-state index contributed by atoms with van der Waals surface area (Å²) in [5.41, 5.74) is 2.39. The minimum atomic E-state index is -0.595. The molecule has 2 amide bonds. The molecular formula is C26H26N2O4. The number of esters is 1. The number of amides is 2.